The van der Waals surface area contributed by atoms with E-state index in [2.05, 4.69) is 12.3 Å². The summed E-state index contributed by atoms with van der Waals surface area (Å²) in [6.07, 6.45) is 0.212. The maximum atomic E-state index is 11.5. The molecule has 5 heteroatoms. The highest BCUT2D eigenvalue weighted by Gasteiger charge is 2.12. The second kappa shape index (κ2) is 6.37. The highest BCUT2D eigenvalue weighted by Crippen LogP contribution is 2.16. The molecule has 0 N–H and O–H groups in total. The average molecular weight is 247 g/mol. The lowest BCUT2D eigenvalue weighted by atomic mass is 10.1. The van der Waals surface area contributed by atoms with Crippen molar-refractivity contribution in [3.63, 3.8) is 0 Å². The first kappa shape index (κ1) is 13.7. The van der Waals surface area contributed by atoms with Gasteiger partial charge >= 0.3 is 5.97 Å². The average Bonchev–Trinajstić information content (AvgIpc) is 2.36. The van der Waals surface area contributed by atoms with E-state index in [4.69, 9.17) is 4.74 Å². The molecule has 1 aromatic rings. The van der Waals surface area contributed by atoms with Crippen molar-refractivity contribution in [1.82, 2.24) is 0 Å². The Morgan fingerprint density at radius 1 is 1.56 bits per heavy atom. The number of hydrogen-bond acceptors (Lipinski definition) is 4. The van der Waals surface area contributed by atoms with Crippen LogP contribution >= 0.6 is 0 Å². The number of nitrogens with zero attached hydrogens (tertiary/aromatic N) is 1. The van der Waals surface area contributed by atoms with E-state index in [1.165, 1.54) is 12.1 Å². The van der Waals surface area contributed by atoms with Crippen LogP contribution < -0.4 is 0 Å². The standard InChI is InChI=1S/C13H13NO4/c1-3-11(13(15)18-4-2)8-10-6-5-7-12(9-10)14(16)17/h5-7,9H,1,4,8H2,2H3. The Morgan fingerprint density at radius 3 is 2.83 bits per heavy atom. The van der Waals surface area contributed by atoms with Crippen LogP contribution in [0.25, 0.3) is 0 Å². The Hall–Kier alpha value is -2.39. The van der Waals surface area contributed by atoms with Crippen molar-refractivity contribution in [2.45, 2.75) is 13.3 Å². The number of carbonyl (C=O) groups is 1. The van der Waals surface area contributed by atoms with Gasteiger partial charge in [0.15, 0.2) is 0 Å². The molecule has 0 unspecified atom stereocenters. The minimum atomic E-state index is -0.501. The van der Waals surface area contributed by atoms with E-state index >= 15 is 0 Å². The van der Waals surface area contributed by atoms with Crippen LogP contribution in [-0.2, 0) is 16.0 Å². The fraction of sp³-hybridized carbons (Fsp3) is 0.231. The molecule has 5 nitrogen and oxygen atoms in total. The van der Waals surface area contributed by atoms with Gasteiger partial charge in [-0.2, -0.15) is 0 Å². The Kier molecular flexibility index (Phi) is 4.84. The predicted molar refractivity (Wildman–Crippen MR) is 66.1 cm³/mol. The van der Waals surface area contributed by atoms with Crippen LogP contribution in [0, 0.1) is 10.1 Å². The molecular formula is C13H13NO4. The summed E-state index contributed by atoms with van der Waals surface area (Å²) < 4.78 is 4.83. The third-order valence-corrected chi connectivity index (χ3v) is 2.24. The van der Waals surface area contributed by atoms with Gasteiger partial charge in [0.1, 0.15) is 0 Å². The zero-order valence-electron chi connectivity index (χ0n) is 10.0. The Bertz CT molecular complexity index is 515. The smallest absolute Gasteiger partial charge is 0.342 e. The largest absolute Gasteiger partial charge is 0.462 e. The molecule has 0 aromatic heterocycles. The van der Waals surface area contributed by atoms with Crippen molar-refractivity contribution in [3.05, 3.63) is 57.8 Å². The van der Waals surface area contributed by atoms with Crippen molar-refractivity contribution in [3.8, 4) is 0 Å². The second-order valence-electron chi connectivity index (χ2n) is 3.48. The molecule has 0 spiro atoms. The molecule has 0 atom stereocenters. The summed E-state index contributed by atoms with van der Waals surface area (Å²) in [5, 5.41) is 10.6. The lowest BCUT2D eigenvalue weighted by Gasteiger charge is -2.04. The van der Waals surface area contributed by atoms with Crippen LogP contribution in [-0.4, -0.2) is 17.5 Å². The molecule has 1 aromatic carbocycles. The summed E-state index contributed by atoms with van der Waals surface area (Å²) in [4.78, 5) is 21.6. The molecule has 94 valence electrons. The van der Waals surface area contributed by atoms with Crippen molar-refractivity contribution < 1.29 is 14.5 Å². The van der Waals surface area contributed by atoms with Crippen LogP contribution in [0.4, 0.5) is 5.69 Å². The van der Waals surface area contributed by atoms with Gasteiger partial charge in [-0.3, -0.25) is 10.1 Å². The van der Waals surface area contributed by atoms with Gasteiger partial charge in [-0.1, -0.05) is 18.7 Å². The van der Waals surface area contributed by atoms with E-state index in [-0.39, 0.29) is 24.3 Å². The van der Waals surface area contributed by atoms with Gasteiger partial charge < -0.3 is 4.74 Å². The first-order chi connectivity index (χ1) is 8.58. The van der Waals surface area contributed by atoms with Gasteiger partial charge in [0.05, 0.1) is 17.1 Å². The fourth-order valence-electron chi connectivity index (χ4n) is 1.41. The first-order valence-electron chi connectivity index (χ1n) is 5.37. The molecule has 18 heavy (non-hydrogen) atoms. The molecule has 0 heterocycles. The van der Waals surface area contributed by atoms with Crippen LogP contribution in [0.1, 0.15) is 12.5 Å². The Balaban J connectivity index is 2.89. The SMILES string of the molecule is C=C=C(Cc1cccc([N+](=O)[O-])c1)C(=O)OCC. The third-order valence-electron chi connectivity index (χ3n) is 2.24. The van der Waals surface area contributed by atoms with E-state index in [1.807, 2.05) is 0 Å². The zero-order chi connectivity index (χ0) is 13.5. The number of carbonyl (C=O) groups excluding carboxylic acids is 1. The maximum Gasteiger partial charge on any atom is 0.342 e. The monoisotopic (exact) mass is 247 g/mol. The third kappa shape index (κ3) is 3.57. The van der Waals surface area contributed by atoms with Crippen LogP contribution in [0.2, 0.25) is 0 Å². The molecule has 0 saturated heterocycles. The number of rotatable bonds is 5. The number of benzene rings is 1. The number of nitro groups is 1. The molecule has 0 aliphatic rings. The summed E-state index contributed by atoms with van der Waals surface area (Å²) in [6, 6.07) is 6.07. The number of nitro benzene ring substituents is 1. The lowest BCUT2D eigenvalue weighted by Crippen LogP contribution is -2.09. The summed E-state index contributed by atoms with van der Waals surface area (Å²) >= 11 is 0. The Morgan fingerprint density at radius 2 is 2.28 bits per heavy atom. The summed E-state index contributed by atoms with van der Waals surface area (Å²) in [5.74, 6) is -0.501. The van der Waals surface area contributed by atoms with Gasteiger partial charge in [-0.05, 0) is 12.5 Å². The summed E-state index contributed by atoms with van der Waals surface area (Å²) in [7, 11) is 0. The number of non-ortho nitro benzene ring substituents is 1. The molecule has 0 bridgehead atoms. The Labute approximate surface area is 105 Å². The highest BCUT2D eigenvalue weighted by atomic mass is 16.6. The van der Waals surface area contributed by atoms with E-state index < -0.39 is 10.9 Å². The maximum absolute atomic E-state index is 11.5. The molecular weight excluding hydrogens is 234 g/mol. The van der Waals surface area contributed by atoms with E-state index in [1.54, 1.807) is 19.1 Å². The van der Waals surface area contributed by atoms with E-state index in [0.717, 1.165) is 0 Å². The molecule has 0 aliphatic carbocycles. The summed E-state index contributed by atoms with van der Waals surface area (Å²) in [5.41, 5.74) is 3.40. The summed E-state index contributed by atoms with van der Waals surface area (Å²) in [6.45, 7) is 5.38. The van der Waals surface area contributed by atoms with Crippen molar-refractivity contribution >= 4 is 11.7 Å². The highest BCUT2D eigenvalue weighted by molar-refractivity contribution is 5.88. The van der Waals surface area contributed by atoms with E-state index in [9.17, 15) is 14.9 Å². The lowest BCUT2D eigenvalue weighted by molar-refractivity contribution is -0.384. The van der Waals surface area contributed by atoms with Gasteiger partial charge in [0.2, 0.25) is 0 Å². The predicted octanol–water partition coefficient (Wildman–Crippen LogP) is 2.41. The zero-order valence-corrected chi connectivity index (χ0v) is 10.0. The van der Waals surface area contributed by atoms with Gasteiger partial charge in [0, 0.05) is 18.6 Å². The molecule has 0 saturated carbocycles. The van der Waals surface area contributed by atoms with Crippen molar-refractivity contribution in [2.24, 2.45) is 0 Å². The molecule has 0 aliphatic heterocycles. The number of esters is 1. The second-order valence-corrected chi connectivity index (χ2v) is 3.48. The molecule has 0 radical (unpaired) electrons. The van der Waals surface area contributed by atoms with Gasteiger partial charge in [-0.15, -0.1) is 5.73 Å². The van der Waals surface area contributed by atoms with Crippen molar-refractivity contribution in [1.29, 1.82) is 0 Å². The van der Waals surface area contributed by atoms with Crippen molar-refractivity contribution in [2.75, 3.05) is 6.61 Å². The minimum absolute atomic E-state index is 0.0141. The normalized spacial score (nSPS) is 9.39. The molecule has 1 rings (SSSR count). The van der Waals surface area contributed by atoms with Crippen LogP contribution in [0.3, 0.4) is 0 Å². The van der Waals surface area contributed by atoms with Gasteiger partial charge in [0.25, 0.3) is 5.69 Å². The first-order valence-corrected chi connectivity index (χ1v) is 5.37. The minimum Gasteiger partial charge on any atom is -0.462 e. The quantitative estimate of drug-likeness (QED) is 0.263. The molecule has 0 fully saturated rings. The van der Waals surface area contributed by atoms with Gasteiger partial charge in [-0.25, -0.2) is 4.79 Å². The fourth-order valence-corrected chi connectivity index (χ4v) is 1.41. The number of hydrogen-bond donors (Lipinski definition) is 0. The van der Waals surface area contributed by atoms with Crippen LogP contribution in [0.5, 0.6) is 0 Å². The number of ether oxygens (including phenoxy) is 1. The van der Waals surface area contributed by atoms with Crippen LogP contribution in [0.15, 0.2) is 42.1 Å². The topological polar surface area (TPSA) is 69.4 Å². The molecule has 0 amide bonds. The van der Waals surface area contributed by atoms with E-state index in [0.29, 0.717) is 5.56 Å².